The summed E-state index contributed by atoms with van der Waals surface area (Å²) in [5.74, 6) is 5.31. The van der Waals surface area contributed by atoms with E-state index in [0.717, 1.165) is 0 Å². The minimum Gasteiger partial charge on any atom is -0.492 e. The van der Waals surface area contributed by atoms with E-state index in [-0.39, 0.29) is 23.3 Å². The molecule has 2 aromatic rings. The first kappa shape index (κ1) is 29.0. The maximum Gasteiger partial charge on any atom is 0.253 e. The van der Waals surface area contributed by atoms with Crippen LogP contribution in [-0.4, -0.2) is 56.0 Å². The van der Waals surface area contributed by atoms with Crippen LogP contribution in [0.2, 0.25) is 0 Å². The summed E-state index contributed by atoms with van der Waals surface area (Å²) in [5.41, 5.74) is 1.40. The molecular weight excluding hydrogens is 500 g/mol. The number of benzene rings is 2. The van der Waals surface area contributed by atoms with E-state index in [2.05, 4.69) is 33.1 Å². The van der Waals surface area contributed by atoms with Gasteiger partial charge in [0.05, 0.1) is 35.6 Å². The number of amides is 4. The lowest BCUT2D eigenvalue weighted by Crippen LogP contribution is -2.46. The Morgan fingerprint density at radius 1 is 0.846 bits per heavy atom. The van der Waals surface area contributed by atoms with Gasteiger partial charge in [-0.2, -0.15) is 0 Å². The molecule has 0 fully saturated rings. The number of hydrogen-bond donors (Lipinski definition) is 4. The molecule has 2 aromatic carbocycles. The van der Waals surface area contributed by atoms with Gasteiger partial charge in [-0.3, -0.25) is 19.2 Å². The second kappa shape index (κ2) is 13.3. The first-order valence-electron chi connectivity index (χ1n) is 12.8. The van der Waals surface area contributed by atoms with Crippen molar-refractivity contribution in [3.63, 3.8) is 0 Å². The fourth-order valence-corrected chi connectivity index (χ4v) is 3.92. The van der Waals surface area contributed by atoms with E-state index in [0.29, 0.717) is 47.9 Å². The van der Waals surface area contributed by atoms with Crippen molar-refractivity contribution < 1.29 is 28.7 Å². The quantitative estimate of drug-likeness (QED) is 0.403. The lowest BCUT2D eigenvalue weighted by Gasteiger charge is -2.21. The Bertz CT molecular complexity index is 1310. The molecule has 0 bridgehead atoms. The maximum absolute atomic E-state index is 13.1. The van der Waals surface area contributed by atoms with Crippen LogP contribution in [0.15, 0.2) is 36.4 Å². The van der Waals surface area contributed by atoms with Crippen molar-refractivity contribution in [2.75, 3.05) is 25.6 Å². The number of ether oxygens (including phenoxy) is 2. The van der Waals surface area contributed by atoms with Crippen LogP contribution >= 0.6 is 0 Å². The zero-order valence-electron chi connectivity index (χ0n) is 22.8. The molecule has 10 heteroatoms. The molecule has 10 nitrogen and oxygen atoms in total. The molecule has 4 N–H and O–H groups in total. The first-order chi connectivity index (χ1) is 18.6. The summed E-state index contributed by atoms with van der Waals surface area (Å²) in [7, 11) is 1.49. The molecule has 1 heterocycles. The monoisotopic (exact) mass is 534 g/mol. The van der Waals surface area contributed by atoms with E-state index in [9.17, 15) is 19.2 Å². The van der Waals surface area contributed by atoms with Gasteiger partial charge in [0.25, 0.3) is 5.91 Å². The highest BCUT2D eigenvalue weighted by Gasteiger charge is 2.25. The molecule has 0 spiro atoms. The fraction of sp³-hybridized carbons (Fsp3) is 0.379. The predicted octanol–water partition coefficient (Wildman–Crippen LogP) is 2.21. The lowest BCUT2D eigenvalue weighted by molar-refractivity contribution is -0.126. The van der Waals surface area contributed by atoms with E-state index in [1.54, 1.807) is 43.3 Å². The van der Waals surface area contributed by atoms with Gasteiger partial charge in [0.15, 0.2) is 0 Å². The van der Waals surface area contributed by atoms with E-state index >= 15 is 0 Å². The number of carbonyl (C=O) groups is 4. The van der Waals surface area contributed by atoms with E-state index < -0.39 is 23.9 Å². The summed E-state index contributed by atoms with van der Waals surface area (Å²) >= 11 is 0. The maximum atomic E-state index is 13.1. The van der Waals surface area contributed by atoms with Crippen molar-refractivity contribution in [3.05, 3.63) is 53.1 Å². The number of hydrogen-bond acceptors (Lipinski definition) is 6. The van der Waals surface area contributed by atoms with Crippen LogP contribution in [0.4, 0.5) is 5.69 Å². The number of likely N-dealkylation sites (N-methyl/N-ethyl adjacent to an activating group) is 1. The summed E-state index contributed by atoms with van der Waals surface area (Å²) in [6, 6.07) is 8.68. The summed E-state index contributed by atoms with van der Waals surface area (Å²) in [6.07, 6.45) is 0.553. The van der Waals surface area contributed by atoms with Gasteiger partial charge in [0.2, 0.25) is 17.7 Å². The van der Waals surface area contributed by atoms with Gasteiger partial charge < -0.3 is 30.7 Å². The Morgan fingerprint density at radius 2 is 1.46 bits per heavy atom. The number of nitrogens with one attached hydrogen (secondary N) is 4. The molecule has 206 valence electrons. The van der Waals surface area contributed by atoms with Gasteiger partial charge >= 0.3 is 0 Å². The molecule has 3 rings (SSSR count). The number of anilines is 1. The van der Waals surface area contributed by atoms with Crippen LogP contribution in [0, 0.1) is 17.8 Å². The number of fused-ring (bicyclic) bond motifs is 2. The first-order valence-corrected chi connectivity index (χ1v) is 12.8. The van der Waals surface area contributed by atoms with Crippen molar-refractivity contribution in [1.82, 2.24) is 16.0 Å². The van der Waals surface area contributed by atoms with Gasteiger partial charge in [-0.15, -0.1) is 0 Å². The fourth-order valence-electron chi connectivity index (χ4n) is 3.92. The molecule has 4 amide bonds. The van der Waals surface area contributed by atoms with Crippen LogP contribution in [0.1, 0.15) is 55.6 Å². The highest BCUT2D eigenvalue weighted by Crippen LogP contribution is 2.29. The van der Waals surface area contributed by atoms with Crippen LogP contribution in [0.25, 0.3) is 0 Å². The Balaban J connectivity index is 2.06. The number of carbonyl (C=O) groups excluding carboxylic acids is 4. The van der Waals surface area contributed by atoms with E-state index in [4.69, 9.17) is 9.47 Å². The number of rotatable bonds is 7. The molecule has 1 aliphatic rings. The summed E-state index contributed by atoms with van der Waals surface area (Å²) < 4.78 is 11.9. The Kier molecular flexibility index (Phi) is 9.92. The second-order valence-electron chi connectivity index (χ2n) is 9.38. The van der Waals surface area contributed by atoms with Gasteiger partial charge in [-0.1, -0.05) is 37.8 Å². The largest absolute Gasteiger partial charge is 0.492 e. The molecule has 0 aromatic heterocycles. The van der Waals surface area contributed by atoms with Crippen molar-refractivity contribution in [2.45, 2.75) is 46.2 Å². The van der Waals surface area contributed by atoms with Crippen molar-refractivity contribution in [3.8, 4) is 23.3 Å². The van der Waals surface area contributed by atoms with Crippen LogP contribution in [-0.2, 0) is 14.4 Å². The second-order valence-corrected chi connectivity index (χ2v) is 9.38. The van der Waals surface area contributed by atoms with Crippen molar-refractivity contribution >= 4 is 29.3 Å². The van der Waals surface area contributed by atoms with Gasteiger partial charge in [0.1, 0.15) is 23.6 Å². The minimum atomic E-state index is -0.761. The Labute approximate surface area is 228 Å². The molecule has 1 aliphatic heterocycles. The standard InChI is InChI=1S/C29H34N4O6/c1-17(2)26(32-19(4)34)29(37)33-23-10-7-12-25-22(23)14-13-20-21(28(36)31-18(3)27(35)30-5)9-6-11-24(20)38-15-8-16-39-25/h6-7,9-12,17-18,26H,8,15-16H2,1-5H3,(H,30,35)(H,31,36)(H,32,34)(H,33,37)/t18-,26-/m0/s1. The third-order valence-electron chi connectivity index (χ3n) is 5.97. The highest BCUT2D eigenvalue weighted by molar-refractivity contribution is 6.00. The third-order valence-corrected chi connectivity index (χ3v) is 5.97. The smallest absolute Gasteiger partial charge is 0.253 e. The molecule has 0 unspecified atom stereocenters. The zero-order chi connectivity index (χ0) is 28.5. The van der Waals surface area contributed by atoms with Gasteiger partial charge in [-0.25, -0.2) is 0 Å². The molecule has 2 atom stereocenters. The van der Waals surface area contributed by atoms with E-state index in [1.165, 1.54) is 14.0 Å². The molecule has 39 heavy (non-hydrogen) atoms. The van der Waals surface area contributed by atoms with Crippen LogP contribution in [0.3, 0.4) is 0 Å². The molecular formula is C29H34N4O6. The van der Waals surface area contributed by atoms with Crippen molar-refractivity contribution in [2.24, 2.45) is 5.92 Å². The summed E-state index contributed by atoms with van der Waals surface area (Å²) in [6.45, 7) is 7.28. The summed E-state index contributed by atoms with van der Waals surface area (Å²) in [4.78, 5) is 49.8. The predicted molar refractivity (Wildman–Crippen MR) is 147 cm³/mol. The van der Waals surface area contributed by atoms with Gasteiger partial charge in [0, 0.05) is 20.4 Å². The zero-order valence-corrected chi connectivity index (χ0v) is 22.8. The average molecular weight is 535 g/mol. The summed E-state index contributed by atoms with van der Waals surface area (Å²) in [5, 5.41) is 10.7. The Hall–Kier alpha value is -4.52. The van der Waals surface area contributed by atoms with Gasteiger partial charge in [-0.05, 0) is 37.1 Å². The minimum absolute atomic E-state index is 0.153. The average Bonchev–Trinajstić information content (AvgIpc) is 2.94. The highest BCUT2D eigenvalue weighted by atomic mass is 16.5. The molecule has 0 aliphatic carbocycles. The third kappa shape index (κ3) is 7.51. The lowest BCUT2D eigenvalue weighted by atomic mass is 10.0. The normalized spacial score (nSPS) is 13.8. The van der Waals surface area contributed by atoms with Crippen molar-refractivity contribution in [1.29, 1.82) is 0 Å². The van der Waals surface area contributed by atoms with Crippen LogP contribution < -0.4 is 30.7 Å². The SMILES string of the molecule is CNC(=O)[C@H](C)NC(=O)c1cccc2c1C#Cc1c(NC(=O)[C@@H](NC(C)=O)C(C)C)cccc1OCCCO2. The van der Waals surface area contributed by atoms with Crippen LogP contribution in [0.5, 0.6) is 11.5 Å². The Morgan fingerprint density at radius 3 is 2.08 bits per heavy atom. The molecule has 0 radical (unpaired) electrons. The topological polar surface area (TPSA) is 135 Å². The molecule has 0 saturated heterocycles. The van der Waals surface area contributed by atoms with E-state index in [1.807, 2.05) is 13.8 Å². The molecule has 0 saturated carbocycles.